The quantitative estimate of drug-likeness (QED) is 0.186. The fraction of sp³-hybridized carbons (Fsp3) is 0.286. The number of nitrogens with zero attached hydrogens (tertiary/aromatic N) is 4. The van der Waals surface area contributed by atoms with E-state index < -0.39 is 20.1 Å². The van der Waals surface area contributed by atoms with E-state index in [0.717, 1.165) is 16.7 Å². The first-order valence-corrected chi connectivity index (χ1v) is 12.9. The maximum atomic E-state index is 13.1. The molecule has 0 atom stereocenters. The molecule has 0 aliphatic heterocycles. The zero-order valence-corrected chi connectivity index (χ0v) is 21.8. The largest absolute Gasteiger partial charge is 0.483 e. The number of fused-ring (bicyclic) bond motifs is 1. The molecule has 0 saturated heterocycles. The highest BCUT2D eigenvalue weighted by Crippen LogP contribution is 2.41. The number of aromatic nitrogens is 4. The molecule has 0 amide bonds. The lowest BCUT2D eigenvalue weighted by molar-refractivity contribution is -0.137. The molecule has 8 nitrogen and oxygen atoms in total. The molecule has 0 fully saturated rings. The first-order valence-electron chi connectivity index (χ1n) is 10.4. The molecule has 4 aromatic rings. The van der Waals surface area contributed by atoms with Crippen LogP contribution in [-0.4, -0.2) is 39.1 Å². The molecule has 192 valence electrons. The monoisotopic (exact) mass is 582 g/mol. The number of pyridine rings is 1. The van der Waals surface area contributed by atoms with Crippen molar-refractivity contribution in [1.82, 2.24) is 19.5 Å². The van der Waals surface area contributed by atoms with Gasteiger partial charge in [-0.2, -0.15) is 18.2 Å². The summed E-state index contributed by atoms with van der Waals surface area (Å²) in [6.45, 7) is 4.66. The summed E-state index contributed by atoms with van der Waals surface area (Å²) in [5.74, 6) is 0.356. The van der Waals surface area contributed by atoms with Crippen molar-refractivity contribution in [2.24, 2.45) is 0 Å². The van der Waals surface area contributed by atoms with Crippen molar-refractivity contribution in [3.05, 3.63) is 51.2 Å². The molecular weight excluding hydrogens is 567 g/mol. The van der Waals surface area contributed by atoms with Crippen LogP contribution in [0.4, 0.5) is 13.2 Å². The third-order valence-electron chi connectivity index (χ3n) is 4.61. The second-order valence-electron chi connectivity index (χ2n) is 7.06. The van der Waals surface area contributed by atoms with Crippen LogP contribution in [0.25, 0.3) is 28.6 Å². The zero-order chi connectivity index (χ0) is 26.0. The molecule has 4 rings (SSSR count). The molecule has 1 aromatic carbocycles. The van der Waals surface area contributed by atoms with Gasteiger partial charge >= 0.3 is 6.18 Å². The Labute approximate surface area is 219 Å². The molecule has 3 heterocycles. The van der Waals surface area contributed by atoms with Crippen LogP contribution in [0.1, 0.15) is 19.4 Å². The lowest BCUT2D eigenvalue weighted by Crippen LogP contribution is -2.06. The van der Waals surface area contributed by atoms with Crippen LogP contribution in [-0.2, 0) is 15.2 Å². The summed E-state index contributed by atoms with van der Waals surface area (Å²) in [6, 6.07) is 3.81. The molecule has 0 unspecified atom stereocenters. The SMILES string of the molecule is CCOP(COc1cc(Cl)c(-c2noc(-c3cn4cc(C(F)(F)F)cc(Cl)c4n3)n2)cc1Cl)OCC. The van der Waals surface area contributed by atoms with Gasteiger partial charge in [0, 0.05) is 24.0 Å². The average molecular weight is 584 g/mol. The van der Waals surface area contributed by atoms with Gasteiger partial charge < -0.3 is 22.7 Å². The lowest BCUT2D eigenvalue weighted by Gasteiger charge is -2.17. The minimum atomic E-state index is -4.57. The Kier molecular flexibility index (Phi) is 8.28. The number of imidazole rings is 1. The second-order valence-corrected chi connectivity index (χ2v) is 9.72. The second kappa shape index (κ2) is 11.1. The smallest absolute Gasteiger partial charge is 0.417 e. The van der Waals surface area contributed by atoms with E-state index in [4.69, 9.17) is 53.1 Å². The van der Waals surface area contributed by atoms with E-state index in [0.29, 0.717) is 24.5 Å². The highest BCUT2D eigenvalue weighted by Gasteiger charge is 2.32. The van der Waals surface area contributed by atoms with Crippen LogP contribution >= 0.6 is 43.2 Å². The van der Waals surface area contributed by atoms with Gasteiger partial charge in [0.2, 0.25) is 14.2 Å². The first kappa shape index (κ1) is 26.9. The van der Waals surface area contributed by atoms with Crippen molar-refractivity contribution in [2.45, 2.75) is 20.0 Å². The summed E-state index contributed by atoms with van der Waals surface area (Å²) in [5, 5.41) is 4.18. The Morgan fingerprint density at radius 2 is 1.69 bits per heavy atom. The molecule has 0 aliphatic carbocycles. The van der Waals surface area contributed by atoms with Gasteiger partial charge in [0.15, 0.2) is 12.0 Å². The Balaban J connectivity index is 1.58. The standard InChI is InChI=1S/C21H17Cl3F3N4O4P/c1-3-33-36(34-4-2)10-32-17-7-13(22)12(6-14(17)23)18-29-20(35-30-18)16-9-31-8-11(21(25,26)27)5-15(24)19(31)28-16/h5-9H,3-4,10H2,1-2H3. The number of hydrogen-bond donors (Lipinski definition) is 0. The van der Waals surface area contributed by atoms with Gasteiger partial charge in [-0.3, -0.25) is 0 Å². The van der Waals surface area contributed by atoms with E-state index in [9.17, 15) is 13.2 Å². The predicted octanol–water partition coefficient (Wildman–Crippen LogP) is 7.75. The van der Waals surface area contributed by atoms with Crippen molar-refractivity contribution < 1.29 is 31.5 Å². The Bertz CT molecular complexity index is 1380. The zero-order valence-electron chi connectivity index (χ0n) is 18.6. The average Bonchev–Trinajstić information content (AvgIpc) is 3.46. The Hall–Kier alpha value is -2.14. The predicted molar refractivity (Wildman–Crippen MR) is 130 cm³/mol. The van der Waals surface area contributed by atoms with Gasteiger partial charge in [0.1, 0.15) is 11.4 Å². The Morgan fingerprint density at radius 3 is 2.36 bits per heavy atom. The van der Waals surface area contributed by atoms with Crippen LogP contribution in [0.2, 0.25) is 15.1 Å². The number of rotatable bonds is 9. The molecule has 0 bridgehead atoms. The fourth-order valence-electron chi connectivity index (χ4n) is 3.08. The molecular formula is C21H17Cl3F3N4O4P. The summed E-state index contributed by atoms with van der Waals surface area (Å²) in [4.78, 5) is 8.47. The summed E-state index contributed by atoms with van der Waals surface area (Å²) >= 11 is 18.8. The molecule has 0 N–H and O–H groups in total. The number of halogens is 6. The van der Waals surface area contributed by atoms with Gasteiger partial charge in [-0.15, -0.1) is 0 Å². The first-order chi connectivity index (χ1) is 17.1. The summed E-state index contributed by atoms with van der Waals surface area (Å²) in [6.07, 6.45) is -2.24. The van der Waals surface area contributed by atoms with Crippen molar-refractivity contribution in [3.8, 4) is 28.7 Å². The van der Waals surface area contributed by atoms with Crippen LogP contribution < -0.4 is 4.74 Å². The normalized spacial score (nSPS) is 12.1. The van der Waals surface area contributed by atoms with Crippen LogP contribution in [0.15, 0.2) is 35.1 Å². The van der Waals surface area contributed by atoms with Gasteiger partial charge in [-0.1, -0.05) is 40.0 Å². The maximum absolute atomic E-state index is 13.1. The van der Waals surface area contributed by atoms with Crippen molar-refractivity contribution >= 4 is 48.8 Å². The molecule has 0 spiro atoms. The fourth-order valence-corrected chi connectivity index (χ4v) is 4.84. The molecule has 3 aromatic heterocycles. The van der Waals surface area contributed by atoms with E-state index in [1.165, 1.54) is 18.3 Å². The van der Waals surface area contributed by atoms with Gasteiger partial charge in [0.25, 0.3) is 5.89 Å². The minimum Gasteiger partial charge on any atom is -0.483 e. The maximum Gasteiger partial charge on any atom is 0.417 e. The van der Waals surface area contributed by atoms with E-state index in [1.54, 1.807) is 0 Å². The third-order valence-corrected chi connectivity index (χ3v) is 6.93. The molecule has 36 heavy (non-hydrogen) atoms. The van der Waals surface area contributed by atoms with Gasteiger partial charge in [-0.05, 0) is 26.0 Å². The lowest BCUT2D eigenvalue weighted by atomic mass is 10.2. The van der Waals surface area contributed by atoms with Crippen LogP contribution in [0.3, 0.4) is 0 Å². The Morgan fingerprint density at radius 1 is 0.972 bits per heavy atom. The minimum absolute atomic E-state index is 0.0510. The molecule has 0 radical (unpaired) electrons. The number of alkyl halides is 3. The molecule has 0 saturated carbocycles. The van der Waals surface area contributed by atoms with Crippen LogP contribution in [0.5, 0.6) is 5.75 Å². The summed E-state index contributed by atoms with van der Waals surface area (Å²) in [7, 11) is -1.24. The third kappa shape index (κ3) is 5.88. The summed E-state index contributed by atoms with van der Waals surface area (Å²) in [5.41, 5.74) is -0.352. The van der Waals surface area contributed by atoms with Gasteiger partial charge in [0.05, 0.1) is 33.8 Å². The highest BCUT2D eigenvalue weighted by atomic mass is 35.5. The number of benzene rings is 1. The van der Waals surface area contributed by atoms with Gasteiger partial charge in [-0.25, -0.2) is 4.98 Å². The van der Waals surface area contributed by atoms with Crippen LogP contribution in [0, 0.1) is 0 Å². The van der Waals surface area contributed by atoms with E-state index in [1.807, 2.05) is 13.8 Å². The molecule has 15 heteroatoms. The van der Waals surface area contributed by atoms with Crippen molar-refractivity contribution in [3.63, 3.8) is 0 Å². The topological polar surface area (TPSA) is 83.9 Å². The van der Waals surface area contributed by atoms with E-state index in [-0.39, 0.29) is 44.5 Å². The number of hydrogen-bond acceptors (Lipinski definition) is 7. The number of ether oxygens (including phenoxy) is 1. The van der Waals surface area contributed by atoms with Crippen molar-refractivity contribution in [2.75, 3.05) is 19.6 Å². The van der Waals surface area contributed by atoms with E-state index >= 15 is 0 Å². The summed E-state index contributed by atoms with van der Waals surface area (Å²) < 4.78 is 62.4. The molecule has 0 aliphatic rings. The highest BCUT2D eigenvalue weighted by molar-refractivity contribution is 7.47. The van der Waals surface area contributed by atoms with Crippen molar-refractivity contribution in [1.29, 1.82) is 0 Å². The van der Waals surface area contributed by atoms with E-state index in [2.05, 4.69) is 15.1 Å².